The van der Waals surface area contributed by atoms with Crippen LogP contribution in [0.15, 0.2) is 142 Å². The van der Waals surface area contributed by atoms with Gasteiger partial charge in [-0.05, 0) is 321 Å². The summed E-state index contributed by atoms with van der Waals surface area (Å²) in [5.74, 6) is 3.81. The molecular weight excluding hydrogens is 2030 g/mol. The van der Waals surface area contributed by atoms with E-state index in [0.717, 1.165) is 78.7 Å². The zero-order chi connectivity index (χ0) is 95.9. The molecule has 0 radical (unpaired) electrons. The molecule has 0 N–H and O–H groups in total. The molecule has 6 aliphatic carbocycles. The smallest absolute Gasteiger partial charge is 0.371 e. The van der Waals surface area contributed by atoms with Crippen LogP contribution in [0.4, 0.5) is 39.8 Å². The molecule has 16 heteroatoms. The van der Waals surface area contributed by atoms with Gasteiger partial charge in [-0.3, -0.25) is 0 Å². The van der Waals surface area contributed by atoms with E-state index in [4.69, 9.17) is 20.3 Å². The van der Waals surface area contributed by atoms with Crippen molar-refractivity contribution in [1.29, 1.82) is 0 Å². The van der Waals surface area contributed by atoms with Crippen LogP contribution in [0, 0.1) is 89.7 Å². The van der Waals surface area contributed by atoms with Crippen molar-refractivity contribution < 1.29 is 78.7 Å². The molecule has 22 rings (SSSR count). The average molecular weight is 2210 g/mol. The van der Waals surface area contributed by atoms with Crippen molar-refractivity contribution >= 4 is 103 Å². The Morgan fingerprint density at radius 1 is 0.426 bits per heavy atom. The summed E-state index contributed by atoms with van der Waals surface area (Å²) < 4.78 is 18.8. The zero-order valence-corrected chi connectivity index (χ0v) is 99.6. The Balaban J connectivity index is 0.000000244. The van der Waals surface area contributed by atoms with Crippen LogP contribution in [0.1, 0.15) is 393 Å². The number of hydrogen-bond donors (Lipinski definition) is 0. The number of allylic oxidation sites excluding steroid dienone is 5. The molecule has 0 spiro atoms. The first-order valence-electron chi connectivity index (χ1n) is 56.3. The van der Waals surface area contributed by atoms with E-state index in [-0.39, 0.29) is 112 Å². The van der Waals surface area contributed by atoms with Crippen LogP contribution in [0.25, 0.3) is 23.1 Å². The van der Waals surface area contributed by atoms with Crippen LogP contribution < -0.4 is 14.7 Å². The van der Waals surface area contributed by atoms with Crippen LogP contribution in [-0.2, 0) is 122 Å². The number of fused-ring (bicyclic) bond motifs is 3. The van der Waals surface area contributed by atoms with E-state index >= 15 is 0 Å². The van der Waals surface area contributed by atoms with Gasteiger partial charge in [0.05, 0.1) is 47.7 Å². The second kappa shape index (κ2) is 62.2. The Bertz CT molecular complexity index is 5460. The van der Waals surface area contributed by atoms with Gasteiger partial charge in [-0.2, -0.15) is 18.1 Å². The Hall–Kier alpha value is -6.56. The number of halogens is 1. The van der Waals surface area contributed by atoms with E-state index in [0.29, 0.717) is 0 Å². The van der Waals surface area contributed by atoms with Crippen molar-refractivity contribution in [1.82, 2.24) is 5.16 Å². The predicted molar refractivity (Wildman–Crippen MR) is 631 cm³/mol. The minimum absolute atomic E-state index is 0. The fourth-order valence-corrected chi connectivity index (χ4v) is 28.0. The van der Waals surface area contributed by atoms with Crippen molar-refractivity contribution in [3.8, 4) is 0 Å². The molecule has 7 aromatic rings. The first kappa shape index (κ1) is 127. The molecule has 10 heterocycles. The van der Waals surface area contributed by atoms with Gasteiger partial charge in [0.2, 0.25) is 17.1 Å². The van der Waals surface area contributed by atoms with E-state index in [1.54, 1.807) is 57.6 Å². The topological polar surface area (TPSA) is 67.6 Å². The van der Waals surface area contributed by atoms with E-state index in [1.165, 1.54) is 438 Å². The number of aryl methyl sites for hydroxylation is 9. The summed E-state index contributed by atoms with van der Waals surface area (Å²) in [4.78, 5) is 19.6. The van der Waals surface area contributed by atoms with Crippen molar-refractivity contribution in [3.63, 3.8) is 0 Å². The van der Waals surface area contributed by atoms with Crippen molar-refractivity contribution in [2.24, 2.45) is 17.8 Å². The Morgan fingerprint density at radius 3 is 1.09 bits per heavy atom. The van der Waals surface area contributed by atoms with Gasteiger partial charge in [-0.1, -0.05) is 237 Å². The van der Waals surface area contributed by atoms with Gasteiger partial charge in [0.15, 0.2) is 22.8 Å². The normalized spacial score (nSPS) is 20.9. The average Bonchev–Trinajstić information content (AvgIpc) is 1.59. The molecule has 6 saturated carbocycles. The first-order chi connectivity index (χ1) is 68.1. The predicted octanol–water partition coefficient (Wildman–Crippen LogP) is 36.2. The zero-order valence-electron chi connectivity index (χ0n) is 93.9. The fraction of sp³-hybridized carbons (Fsp3) is 0.553. The first-order valence-corrected chi connectivity index (χ1v) is 57.9. The fourth-order valence-electron chi connectivity index (χ4n) is 27.4. The molecule has 0 amide bonds. The van der Waals surface area contributed by atoms with E-state index < -0.39 is 0 Å². The molecule has 3 unspecified atom stereocenters. The molecule has 808 valence electrons. The summed E-state index contributed by atoms with van der Waals surface area (Å²) in [7, 11) is 1.55. The van der Waals surface area contributed by atoms with E-state index in [2.05, 4.69) is 236 Å². The Labute approximate surface area is 946 Å². The number of nitrogens with zero attached hydrogens (tertiary/aromatic N) is 8. The molecular formula is C132H188BrFe3N8O3S+3. The van der Waals surface area contributed by atoms with E-state index in [9.17, 15) is 0 Å². The quantitative estimate of drug-likeness (QED) is 0.00645. The molecule has 15 aliphatic rings. The number of unbranched alkanes of at least 4 members (excludes halogenated alkanes) is 3. The maximum atomic E-state index is 7.68. The minimum atomic E-state index is -0.179. The number of benzene rings is 6. The third-order valence-electron chi connectivity index (χ3n) is 34.8. The van der Waals surface area contributed by atoms with Gasteiger partial charge in [0.25, 0.3) is 0 Å². The maximum Gasteiger partial charge on any atom is 2.00 e. The summed E-state index contributed by atoms with van der Waals surface area (Å²) in [6.45, 7) is 36.0. The largest absolute Gasteiger partial charge is 2.00 e. The number of aromatic nitrogens is 1. The maximum absolute atomic E-state index is 7.68. The third kappa shape index (κ3) is 31.0. The summed E-state index contributed by atoms with van der Waals surface area (Å²) in [5, 5.41) is 4.35. The monoisotopic (exact) mass is 2210 g/mol. The van der Waals surface area contributed by atoms with Crippen molar-refractivity contribution in [2.75, 3.05) is 80.7 Å². The molecule has 6 fully saturated rings. The van der Waals surface area contributed by atoms with Crippen molar-refractivity contribution in [2.45, 2.75) is 390 Å². The number of hydrogen-bond acceptors (Lipinski definition) is 8. The molecule has 0 bridgehead atoms. The standard InChI is InChI=1S/C39H50N3O.C36H43BrN3.C36H47N2O2S.3C5H10.6CH3.3Fe/c1-27-16-18-36-35(23-27)39(4,26-34-28(2)40-43-29(34)3)37(42(36)22-8-7-13-30-11-5-6-12-30)19-17-31-24-32-14-9-20-41-21-10-15-33(25-31)38(32)41;1-36(19-9-20-37)32-26-31(38-2)16-17-33(32)40(23-6-5-12-27-10-3-4-11-27)34(36)18-15-28-24-29-13-7-21-39-22-8-14-30(25-28)35(29)39;1-4-20-36(2)32-26-31(41-40-39-3)17-18-33(32)38(23-8-7-13-27-11-5-6-12-27)34(36)19-16-28-24-29-14-9-21-37-22-10-15-30(25-28)35(29)37;3*1-2-4-5-3-1;;;;;;;;;/h16-19,23-25,30H,5-15,20-22,26H2,1-4H3;9,15-18,20,24-27H,3-8,10-14,19,21-23H2,1H3;4,16-19,24-27H,1,5-15,20-23H2,2-3H3;3*1-5H2;6*1H3;;;/q3*+1;;;;6*-1;3*+2/b;20-9+;;;;;;;;;;;;;. The molecule has 1 aromatic heterocycles. The molecule has 148 heavy (non-hydrogen) atoms. The van der Waals surface area contributed by atoms with Crippen LogP contribution in [0.2, 0.25) is 0 Å². The molecule has 3 atom stereocenters. The van der Waals surface area contributed by atoms with Gasteiger partial charge in [-0.25, -0.2) is 9.73 Å². The van der Waals surface area contributed by atoms with Gasteiger partial charge >= 0.3 is 51.2 Å². The van der Waals surface area contributed by atoms with Gasteiger partial charge in [0.1, 0.15) is 25.4 Å². The minimum Gasteiger partial charge on any atom is -0.371 e. The van der Waals surface area contributed by atoms with Crippen LogP contribution >= 0.6 is 28.0 Å². The van der Waals surface area contributed by atoms with Gasteiger partial charge in [-0.15, -0.1) is 6.58 Å². The Morgan fingerprint density at radius 2 is 0.757 bits per heavy atom. The van der Waals surface area contributed by atoms with Gasteiger partial charge in [0, 0.05) is 133 Å². The number of anilines is 3. The van der Waals surface area contributed by atoms with Gasteiger partial charge < -0.3 is 63.8 Å². The summed E-state index contributed by atoms with van der Waals surface area (Å²) in [6.07, 6.45) is 87.8. The van der Waals surface area contributed by atoms with Crippen LogP contribution in [0.5, 0.6) is 0 Å². The van der Waals surface area contributed by atoms with E-state index in [1.807, 2.05) is 11.1 Å². The second-order valence-electron chi connectivity index (χ2n) is 44.9. The summed E-state index contributed by atoms with van der Waals surface area (Å²) >= 11 is 4.81. The molecule has 11 nitrogen and oxygen atoms in total. The number of rotatable bonds is 30. The molecule has 6 aromatic carbocycles. The molecule has 9 aliphatic heterocycles. The van der Waals surface area contributed by atoms with Crippen LogP contribution in [-0.4, -0.2) is 102 Å². The summed E-state index contributed by atoms with van der Waals surface area (Å²) in [5.41, 5.74) is 34.1. The van der Waals surface area contributed by atoms with Crippen molar-refractivity contribution in [3.05, 3.63) is 278 Å². The summed E-state index contributed by atoms with van der Waals surface area (Å²) in [6, 6.07) is 35.0. The molecule has 0 saturated heterocycles. The third-order valence-corrected chi connectivity index (χ3v) is 35.8. The Kier molecular flexibility index (Phi) is 53.3. The second-order valence-corrected chi connectivity index (χ2v) is 46.2. The van der Waals surface area contributed by atoms with Crippen LogP contribution in [0.3, 0.4) is 0 Å². The SMILES string of the molecule is C1CCCC1.C1CCCC1.C1CCCC1.C=CCC1(C)C(/C=C/c2cc3c4c(c2)CCCN4CCC3)=[N+](CCCCC2CCCC2)c2ccc(SOOC)cc21.Cc1ccc2c(c1)C(C)(Cc1c(C)noc1C)C(/C=C/c1cc3c4c(c1)CCCN4CCC3)=[N+]2CCCCC1CCCC1.[C-]#[N+]c1ccc2c(c1)C(C)(C/C=C/Br)C(/C=C/c1cc3c4c(c1)CCCN4CCC3)=[N+]2CCCCC1CCCC1.[CH3-].[CH3-].[CH3-].[CH3-].[CH3-].[CH3-].[Fe+2].[Fe+2].[Fe+2].